The minimum Gasteiger partial charge on any atom is -0.469 e. The van der Waals surface area contributed by atoms with Crippen LogP contribution in [0.5, 0.6) is 0 Å². The minimum absolute atomic E-state index is 0.00605. The van der Waals surface area contributed by atoms with Gasteiger partial charge in [0.2, 0.25) is 11.4 Å². The molecule has 156 valence electrons. The highest BCUT2D eigenvalue weighted by atomic mass is 16.5. The van der Waals surface area contributed by atoms with E-state index in [2.05, 4.69) is 36.9 Å². The van der Waals surface area contributed by atoms with Crippen LogP contribution in [0.2, 0.25) is 0 Å². The van der Waals surface area contributed by atoms with Gasteiger partial charge in [-0.15, -0.1) is 0 Å². The standard InChI is InChI=1S/C28H21NO3/c1-17-11-12-25-24(13-17)28(15-26(30)18(2)32-28)27(31)29(25)16-23-21-9-5-3-7-19(21)14-20-8-4-6-10-22(20)23/h3-14H,2,15-16H2,1H3. The Balaban J connectivity index is 1.56. The summed E-state index contributed by atoms with van der Waals surface area (Å²) in [5.41, 5.74) is 2.33. The van der Waals surface area contributed by atoms with Gasteiger partial charge in [0, 0.05) is 5.56 Å². The Kier molecular flexibility index (Phi) is 3.84. The number of hydrogen-bond acceptors (Lipinski definition) is 3. The monoisotopic (exact) mass is 419 g/mol. The van der Waals surface area contributed by atoms with Crippen LogP contribution in [-0.4, -0.2) is 11.7 Å². The first-order valence-corrected chi connectivity index (χ1v) is 10.7. The lowest BCUT2D eigenvalue weighted by Crippen LogP contribution is -2.39. The van der Waals surface area contributed by atoms with Crippen LogP contribution >= 0.6 is 0 Å². The highest BCUT2D eigenvalue weighted by molar-refractivity contribution is 6.13. The van der Waals surface area contributed by atoms with Crippen molar-refractivity contribution in [2.24, 2.45) is 0 Å². The Morgan fingerprint density at radius 2 is 1.59 bits per heavy atom. The molecule has 0 bridgehead atoms. The molecule has 0 aromatic heterocycles. The van der Waals surface area contributed by atoms with Crippen LogP contribution in [0.25, 0.3) is 21.5 Å². The predicted molar refractivity (Wildman–Crippen MR) is 125 cm³/mol. The number of carbonyl (C=O) groups is 2. The number of aryl methyl sites for hydroxylation is 1. The molecule has 1 unspecified atom stereocenters. The summed E-state index contributed by atoms with van der Waals surface area (Å²) in [7, 11) is 0. The fraction of sp³-hybridized carbons (Fsp3) is 0.143. The predicted octanol–water partition coefficient (Wildman–Crippen LogP) is 5.55. The Morgan fingerprint density at radius 3 is 2.22 bits per heavy atom. The van der Waals surface area contributed by atoms with Gasteiger partial charge in [-0.1, -0.05) is 66.7 Å². The van der Waals surface area contributed by atoms with Crippen molar-refractivity contribution in [1.82, 2.24) is 0 Å². The van der Waals surface area contributed by atoms with Crippen LogP contribution in [0.1, 0.15) is 23.1 Å². The zero-order chi connectivity index (χ0) is 22.0. The topological polar surface area (TPSA) is 46.6 Å². The number of anilines is 1. The molecule has 2 aliphatic rings. The number of benzene rings is 4. The fourth-order valence-corrected chi connectivity index (χ4v) is 5.14. The fourth-order valence-electron chi connectivity index (χ4n) is 5.14. The number of rotatable bonds is 2. The van der Waals surface area contributed by atoms with Crippen molar-refractivity contribution in [3.8, 4) is 0 Å². The van der Waals surface area contributed by atoms with E-state index in [-0.39, 0.29) is 23.9 Å². The Hall–Kier alpha value is -3.92. The lowest BCUT2D eigenvalue weighted by atomic mass is 9.91. The molecule has 2 heterocycles. The number of hydrogen-bond donors (Lipinski definition) is 0. The van der Waals surface area contributed by atoms with E-state index >= 15 is 0 Å². The summed E-state index contributed by atoms with van der Waals surface area (Å²) in [4.78, 5) is 28.0. The third kappa shape index (κ3) is 2.50. The van der Waals surface area contributed by atoms with Gasteiger partial charge >= 0.3 is 0 Å². The summed E-state index contributed by atoms with van der Waals surface area (Å²) in [6.45, 7) is 6.10. The van der Waals surface area contributed by atoms with Gasteiger partial charge in [0.05, 0.1) is 18.7 Å². The van der Waals surface area contributed by atoms with E-state index in [9.17, 15) is 9.59 Å². The molecule has 1 amide bonds. The van der Waals surface area contributed by atoms with E-state index < -0.39 is 5.60 Å². The quantitative estimate of drug-likeness (QED) is 0.316. The number of ketones is 1. The molecule has 4 aromatic carbocycles. The molecule has 2 aliphatic heterocycles. The first-order valence-electron chi connectivity index (χ1n) is 10.7. The second-order valence-electron chi connectivity index (χ2n) is 8.66. The van der Waals surface area contributed by atoms with Crippen LogP contribution < -0.4 is 4.90 Å². The van der Waals surface area contributed by atoms with E-state index in [1.165, 1.54) is 0 Å². The Bertz CT molecular complexity index is 1410. The molecular weight excluding hydrogens is 398 g/mol. The number of amides is 1. The molecule has 4 heteroatoms. The molecule has 0 radical (unpaired) electrons. The molecule has 1 atom stereocenters. The zero-order valence-corrected chi connectivity index (χ0v) is 17.7. The summed E-state index contributed by atoms with van der Waals surface area (Å²) >= 11 is 0. The Morgan fingerprint density at radius 1 is 0.938 bits per heavy atom. The van der Waals surface area contributed by atoms with Gasteiger partial charge in [0.1, 0.15) is 0 Å². The normalized spacial score (nSPS) is 19.9. The van der Waals surface area contributed by atoms with Crippen molar-refractivity contribution in [2.45, 2.75) is 25.5 Å². The first-order chi connectivity index (χ1) is 15.5. The van der Waals surface area contributed by atoms with E-state index in [0.29, 0.717) is 6.54 Å². The lowest BCUT2D eigenvalue weighted by molar-refractivity contribution is -0.135. The van der Waals surface area contributed by atoms with Crippen LogP contribution in [-0.2, 0) is 26.5 Å². The molecule has 1 fully saturated rings. The van der Waals surface area contributed by atoms with Crippen molar-refractivity contribution in [2.75, 3.05) is 4.90 Å². The number of fused-ring (bicyclic) bond motifs is 4. The summed E-state index contributed by atoms with van der Waals surface area (Å²) in [6, 6.07) is 24.6. The van der Waals surface area contributed by atoms with Crippen LogP contribution in [0.3, 0.4) is 0 Å². The van der Waals surface area contributed by atoms with Crippen molar-refractivity contribution in [1.29, 1.82) is 0 Å². The van der Waals surface area contributed by atoms with Crippen LogP contribution in [0, 0.1) is 6.92 Å². The van der Waals surface area contributed by atoms with Crippen molar-refractivity contribution >= 4 is 38.9 Å². The second-order valence-corrected chi connectivity index (χ2v) is 8.66. The van der Waals surface area contributed by atoms with Gasteiger partial charge in [-0.05, 0) is 52.2 Å². The minimum atomic E-state index is -1.31. The third-order valence-corrected chi connectivity index (χ3v) is 6.69. The van der Waals surface area contributed by atoms with E-state index in [1.807, 2.05) is 49.4 Å². The summed E-state index contributed by atoms with van der Waals surface area (Å²) in [5, 5.41) is 4.49. The SMILES string of the molecule is C=C1OC2(CC1=O)C(=O)N(Cc1c3ccccc3cc3ccccc13)c1ccc(C)cc12. The van der Waals surface area contributed by atoms with Gasteiger partial charge in [-0.3, -0.25) is 9.59 Å². The van der Waals surface area contributed by atoms with Gasteiger partial charge in [-0.25, -0.2) is 0 Å². The van der Waals surface area contributed by atoms with Gasteiger partial charge in [0.25, 0.3) is 5.91 Å². The zero-order valence-electron chi connectivity index (χ0n) is 17.7. The number of carbonyl (C=O) groups excluding carboxylic acids is 2. The number of Topliss-reactive ketones (excluding diaryl/α,β-unsaturated/α-hetero) is 1. The molecular formula is C28H21NO3. The maximum atomic E-state index is 13.9. The van der Waals surface area contributed by atoms with Crippen LogP contribution in [0.4, 0.5) is 5.69 Å². The van der Waals surface area contributed by atoms with E-state index in [4.69, 9.17) is 4.74 Å². The highest BCUT2D eigenvalue weighted by Gasteiger charge is 2.58. The van der Waals surface area contributed by atoms with Crippen molar-refractivity contribution in [3.63, 3.8) is 0 Å². The van der Waals surface area contributed by atoms with E-state index in [1.54, 1.807) is 4.90 Å². The first kappa shape index (κ1) is 18.8. The van der Waals surface area contributed by atoms with Crippen molar-refractivity contribution < 1.29 is 14.3 Å². The second kappa shape index (κ2) is 6.54. The third-order valence-electron chi connectivity index (χ3n) is 6.69. The van der Waals surface area contributed by atoms with E-state index in [0.717, 1.165) is 43.9 Å². The van der Waals surface area contributed by atoms with Crippen LogP contribution in [0.15, 0.2) is 85.1 Å². The molecule has 0 saturated carbocycles. The molecule has 32 heavy (non-hydrogen) atoms. The van der Waals surface area contributed by atoms with Gasteiger partial charge in [-0.2, -0.15) is 0 Å². The number of allylic oxidation sites excluding steroid dienone is 1. The molecule has 0 aliphatic carbocycles. The number of ether oxygens (including phenoxy) is 1. The lowest BCUT2D eigenvalue weighted by Gasteiger charge is -2.24. The number of nitrogens with zero attached hydrogens (tertiary/aromatic N) is 1. The molecule has 6 rings (SSSR count). The summed E-state index contributed by atoms with van der Waals surface area (Å²) < 4.78 is 5.92. The summed E-state index contributed by atoms with van der Waals surface area (Å²) in [6.07, 6.45) is -0.00605. The summed E-state index contributed by atoms with van der Waals surface area (Å²) in [5.74, 6) is -0.367. The van der Waals surface area contributed by atoms with Gasteiger partial charge < -0.3 is 9.64 Å². The highest BCUT2D eigenvalue weighted by Crippen LogP contribution is 2.50. The largest absolute Gasteiger partial charge is 0.469 e. The van der Waals surface area contributed by atoms with Crippen molar-refractivity contribution in [3.05, 3.63) is 102 Å². The van der Waals surface area contributed by atoms with Gasteiger partial charge in [0.15, 0.2) is 5.76 Å². The average molecular weight is 419 g/mol. The smallest absolute Gasteiger partial charge is 0.276 e. The Labute approximate surface area is 185 Å². The molecule has 0 N–H and O–H groups in total. The molecule has 1 saturated heterocycles. The average Bonchev–Trinajstić information content (AvgIpc) is 3.21. The molecule has 4 aromatic rings. The maximum Gasteiger partial charge on any atom is 0.276 e. The molecule has 1 spiro atoms. The molecule has 4 nitrogen and oxygen atoms in total. The maximum absolute atomic E-state index is 13.9.